The first-order valence-corrected chi connectivity index (χ1v) is 8.80. The summed E-state index contributed by atoms with van der Waals surface area (Å²) in [6, 6.07) is 13.7. The second-order valence-electron chi connectivity index (χ2n) is 5.67. The Labute approximate surface area is 154 Å². The maximum absolute atomic E-state index is 12.6. The Morgan fingerprint density at radius 2 is 1.88 bits per heavy atom. The number of amides is 1. The Kier molecular flexibility index (Phi) is 5.37. The van der Waals surface area contributed by atoms with Crippen molar-refractivity contribution in [2.45, 2.75) is 24.5 Å². The summed E-state index contributed by atoms with van der Waals surface area (Å²) in [4.78, 5) is 17.4. The van der Waals surface area contributed by atoms with E-state index in [1.165, 1.54) is 0 Å². The molecule has 0 fully saturated rings. The van der Waals surface area contributed by atoms with E-state index >= 15 is 0 Å². The molecule has 1 N–H and O–H groups in total. The van der Waals surface area contributed by atoms with Crippen LogP contribution in [0.1, 0.15) is 21.7 Å². The lowest BCUT2D eigenvalue weighted by Crippen LogP contribution is -2.13. The van der Waals surface area contributed by atoms with Crippen molar-refractivity contribution in [3.8, 4) is 5.82 Å². The van der Waals surface area contributed by atoms with Crippen LogP contribution in [-0.2, 0) is 0 Å². The number of aryl methyl sites for hydroxylation is 1. The van der Waals surface area contributed by atoms with Crippen molar-refractivity contribution in [1.82, 2.24) is 9.55 Å². The van der Waals surface area contributed by atoms with Gasteiger partial charge in [0.15, 0.2) is 0 Å². The molecule has 0 aliphatic rings. The monoisotopic (exact) mass is 373 g/mol. The van der Waals surface area contributed by atoms with E-state index in [-0.39, 0.29) is 5.91 Å². The van der Waals surface area contributed by atoms with Crippen molar-refractivity contribution in [1.29, 1.82) is 0 Å². The molecule has 0 unspecified atom stereocenters. The fourth-order valence-electron chi connectivity index (χ4n) is 2.75. The number of carbonyl (C=O) groups excluding carboxylic acids is 1. The Balaban J connectivity index is 1.80. The molecule has 26 heavy (non-hydrogen) atoms. The van der Waals surface area contributed by atoms with Gasteiger partial charge in [-0.15, -0.1) is 0 Å². The van der Waals surface area contributed by atoms with Gasteiger partial charge in [-0.2, -0.15) is 8.78 Å². The molecule has 3 rings (SSSR count). The summed E-state index contributed by atoms with van der Waals surface area (Å²) in [5.41, 5.74) is 2.77. The molecule has 0 saturated heterocycles. The number of thioether (sulfide) groups is 1. The largest absolute Gasteiger partial charge is 0.322 e. The van der Waals surface area contributed by atoms with Crippen LogP contribution in [0.15, 0.2) is 59.6 Å². The van der Waals surface area contributed by atoms with E-state index in [0.717, 1.165) is 17.2 Å². The number of hydrogen-bond donors (Lipinski definition) is 1. The summed E-state index contributed by atoms with van der Waals surface area (Å²) < 4.78 is 26.6. The Hall–Kier alpha value is -2.67. The lowest BCUT2D eigenvalue weighted by atomic mass is 10.2. The van der Waals surface area contributed by atoms with E-state index in [1.54, 1.807) is 36.5 Å². The van der Waals surface area contributed by atoms with E-state index in [1.807, 2.05) is 36.6 Å². The van der Waals surface area contributed by atoms with Crippen molar-refractivity contribution in [3.05, 3.63) is 71.7 Å². The molecule has 0 radical (unpaired) electrons. The van der Waals surface area contributed by atoms with Crippen LogP contribution in [0.4, 0.5) is 14.5 Å². The van der Waals surface area contributed by atoms with E-state index in [4.69, 9.17) is 0 Å². The van der Waals surface area contributed by atoms with Crippen molar-refractivity contribution < 1.29 is 13.6 Å². The van der Waals surface area contributed by atoms with Crippen LogP contribution in [0, 0.1) is 13.8 Å². The number of nitrogens with one attached hydrogen (secondary N) is 1. The molecule has 0 saturated carbocycles. The molecule has 0 aliphatic carbocycles. The van der Waals surface area contributed by atoms with Gasteiger partial charge in [-0.3, -0.25) is 4.79 Å². The number of benzene rings is 1. The minimum absolute atomic E-state index is 0.255. The maximum Gasteiger partial charge on any atom is 0.288 e. The first-order chi connectivity index (χ1) is 12.5. The molecule has 134 valence electrons. The van der Waals surface area contributed by atoms with E-state index in [9.17, 15) is 13.6 Å². The van der Waals surface area contributed by atoms with E-state index in [2.05, 4.69) is 10.3 Å². The summed E-state index contributed by atoms with van der Waals surface area (Å²) in [6.07, 6.45) is 1.70. The minimum atomic E-state index is -2.47. The third kappa shape index (κ3) is 3.94. The number of rotatable bonds is 5. The predicted octanol–water partition coefficient (Wildman–Crippen LogP) is 5.06. The van der Waals surface area contributed by atoms with Crippen LogP contribution in [0.25, 0.3) is 5.82 Å². The van der Waals surface area contributed by atoms with Crippen LogP contribution in [0.3, 0.4) is 0 Å². The Bertz CT molecular complexity index is 909. The topological polar surface area (TPSA) is 46.9 Å². The molecule has 1 aromatic carbocycles. The molecule has 3 aromatic rings. The smallest absolute Gasteiger partial charge is 0.288 e. The van der Waals surface area contributed by atoms with Gasteiger partial charge in [-0.25, -0.2) is 4.98 Å². The quantitative estimate of drug-likeness (QED) is 0.636. The number of pyridine rings is 1. The number of alkyl halides is 2. The molecule has 0 bridgehead atoms. The highest BCUT2D eigenvalue weighted by Crippen LogP contribution is 2.26. The first kappa shape index (κ1) is 18.1. The number of halogens is 2. The predicted molar refractivity (Wildman–Crippen MR) is 99.3 cm³/mol. The Morgan fingerprint density at radius 1 is 1.15 bits per heavy atom. The highest BCUT2D eigenvalue weighted by atomic mass is 32.2. The van der Waals surface area contributed by atoms with Gasteiger partial charge in [-0.1, -0.05) is 17.8 Å². The number of aromatic nitrogens is 2. The number of anilines is 1. The van der Waals surface area contributed by atoms with Gasteiger partial charge in [0.05, 0.1) is 5.56 Å². The lowest BCUT2D eigenvalue weighted by Gasteiger charge is -2.09. The molecule has 0 atom stereocenters. The van der Waals surface area contributed by atoms with Crippen LogP contribution >= 0.6 is 11.8 Å². The van der Waals surface area contributed by atoms with E-state index in [0.29, 0.717) is 27.9 Å². The molecule has 2 aromatic heterocycles. The van der Waals surface area contributed by atoms with Crippen LogP contribution < -0.4 is 5.32 Å². The average Bonchev–Trinajstić information content (AvgIpc) is 2.91. The highest BCUT2D eigenvalue weighted by Gasteiger charge is 2.17. The lowest BCUT2D eigenvalue weighted by molar-refractivity contribution is 0.102. The Morgan fingerprint density at radius 3 is 2.50 bits per heavy atom. The summed E-state index contributed by atoms with van der Waals surface area (Å²) in [5, 5.41) is 2.80. The minimum Gasteiger partial charge on any atom is -0.322 e. The molecule has 0 aliphatic heterocycles. The van der Waals surface area contributed by atoms with Gasteiger partial charge in [-0.05, 0) is 56.3 Å². The number of hydrogen-bond acceptors (Lipinski definition) is 3. The normalized spacial score (nSPS) is 11.0. The van der Waals surface area contributed by atoms with Crippen LogP contribution in [-0.4, -0.2) is 21.2 Å². The molecule has 7 heteroatoms. The maximum atomic E-state index is 12.6. The fraction of sp³-hybridized carbons (Fsp3) is 0.158. The summed E-state index contributed by atoms with van der Waals surface area (Å²) in [6.45, 7) is 3.77. The SMILES string of the molecule is Cc1cc(C(=O)Nc2ccc(SC(F)F)cc2)c(C)n1-c1ccccn1. The molecule has 4 nitrogen and oxygen atoms in total. The second-order valence-corrected chi connectivity index (χ2v) is 6.73. The van der Waals surface area contributed by atoms with Gasteiger partial charge in [0.25, 0.3) is 11.7 Å². The molecule has 1 amide bonds. The van der Waals surface area contributed by atoms with Gasteiger partial charge in [0, 0.05) is 28.2 Å². The van der Waals surface area contributed by atoms with Gasteiger partial charge >= 0.3 is 0 Å². The molecule has 0 spiro atoms. The highest BCUT2D eigenvalue weighted by molar-refractivity contribution is 7.99. The number of carbonyl (C=O) groups is 1. The zero-order valence-electron chi connectivity index (χ0n) is 14.2. The molecule has 2 heterocycles. The molecular weight excluding hydrogens is 356 g/mol. The molecular formula is C19H17F2N3OS. The standard InChI is InChI=1S/C19H17F2N3OS/c1-12-11-16(13(2)24(12)17-5-3-4-10-22-17)18(25)23-14-6-8-15(9-7-14)26-19(20)21/h3-11,19H,1-2H3,(H,23,25). The number of nitrogens with zero attached hydrogens (tertiary/aromatic N) is 2. The summed E-state index contributed by atoms with van der Waals surface area (Å²) in [7, 11) is 0. The third-order valence-electron chi connectivity index (χ3n) is 3.89. The van der Waals surface area contributed by atoms with Gasteiger partial charge < -0.3 is 9.88 Å². The van der Waals surface area contributed by atoms with Gasteiger partial charge in [0.1, 0.15) is 5.82 Å². The van der Waals surface area contributed by atoms with E-state index < -0.39 is 5.76 Å². The van der Waals surface area contributed by atoms with Crippen molar-refractivity contribution >= 4 is 23.4 Å². The van der Waals surface area contributed by atoms with Crippen LogP contribution in [0.2, 0.25) is 0 Å². The van der Waals surface area contributed by atoms with Crippen molar-refractivity contribution in [3.63, 3.8) is 0 Å². The zero-order chi connectivity index (χ0) is 18.7. The summed E-state index contributed by atoms with van der Waals surface area (Å²) >= 11 is 0.471. The second kappa shape index (κ2) is 7.70. The van der Waals surface area contributed by atoms with Crippen molar-refractivity contribution in [2.75, 3.05) is 5.32 Å². The van der Waals surface area contributed by atoms with Crippen molar-refractivity contribution in [2.24, 2.45) is 0 Å². The first-order valence-electron chi connectivity index (χ1n) is 7.92. The third-order valence-corrected chi connectivity index (χ3v) is 4.61. The van der Waals surface area contributed by atoms with Gasteiger partial charge in [0.2, 0.25) is 0 Å². The van der Waals surface area contributed by atoms with Crippen LogP contribution in [0.5, 0.6) is 0 Å². The summed E-state index contributed by atoms with van der Waals surface area (Å²) in [5.74, 6) is -1.98. The zero-order valence-corrected chi connectivity index (χ0v) is 15.1. The fourth-order valence-corrected chi connectivity index (χ4v) is 3.25. The average molecular weight is 373 g/mol.